The van der Waals surface area contributed by atoms with Gasteiger partial charge in [-0.1, -0.05) is 18.2 Å². The first-order chi connectivity index (χ1) is 16.6. The SMILES string of the molecule is CCN(CC)c1ccc(C(=O)NNC(=O)c2cn(-c3ccccc3)nc2-c2cccnc2)cc1. The monoisotopic (exact) mass is 454 g/mol. The molecule has 0 radical (unpaired) electrons. The van der Waals surface area contributed by atoms with Gasteiger partial charge in [-0.15, -0.1) is 0 Å². The molecule has 0 spiro atoms. The first kappa shape index (κ1) is 22.7. The van der Waals surface area contributed by atoms with Crippen LogP contribution in [0.2, 0.25) is 0 Å². The number of anilines is 1. The molecule has 4 rings (SSSR count). The summed E-state index contributed by atoms with van der Waals surface area (Å²) in [7, 11) is 0. The van der Waals surface area contributed by atoms with Crippen molar-refractivity contribution in [2.24, 2.45) is 0 Å². The lowest BCUT2D eigenvalue weighted by atomic mass is 10.1. The van der Waals surface area contributed by atoms with Gasteiger partial charge >= 0.3 is 0 Å². The largest absolute Gasteiger partial charge is 0.372 e. The van der Waals surface area contributed by atoms with Crippen molar-refractivity contribution in [2.45, 2.75) is 13.8 Å². The summed E-state index contributed by atoms with van der Waals surface area (Å²) in [4.78, 5) is 32.0. The quantitative estimate of drug-likeness (QED) is 0.414. The van der Waals surface area contributed by atoms with Crippen LogP contribution in [-0.4, -0.2) is 39.7 Å². The third kappa shape index (κ3) is 4.96. The summed E-state index contributed by atoms with van der Waals surface area (Å²) in [6.45, 7) is 5.93. The van der Waals surface area contributed by atoms with Crippen molar-refractivity contribution >= 4 is 17.5 Å². The molecule has 0 saturated carbocycles. The van der Waals surface area contributed by atoms with Gasteiger partial charge in [0.2, 0.25) is 0 Å². The zero-order chi connectivity index (χ0) is 23.9. The Morgan fingerprint density at radius 2 is 1.59 bits per heavy atom. The highest BCUT2D eigenvalue weighted by atomic mass is 16.2. The van der Waals surface area contributed by atoms with Gasteiger partial charge in [-0.2, -0.15) is 5.10 Å². The molecule has 2 N–H and O–H groups in total. The molecule has 0 fully saturated rings. The fourth-order valence-corrected chi connectivity index (χ4v) is 3.63. The lowest BCUT2D eigenvalue weighted by molar-refractivity contribution is 0.0847. The minimum atomic E-state index is -0.478. The fraction of sp³-hybridized carbons (Fsp3) is 0.154. The molecule has 2 amide bonds. The second-order valence-corrected chi connectivity index (χ2v) is 7.54. The second kappa shape index (κ2) is 10.4. The number of carbonyl (C=O) groups excluding carboxylic acids is 2. The van der Waals surface area contributed by atoms with Crippen LogP contribution in [0.25, 0.3) is 16.9 Å². The van der Waals surface area contributed by atoms with Crippen molar-refractivity contribution < 1.29 is 9.59 Å². The zero-order valence-corrected chi connectivity index (χ0v) is 19.1. The number of carbonyl (C=O) groups is 2. The van der Waals surface area contributed by atoms with Gasteiger partial charge in [0, 0.05) is 48.5 Å². The molecule has 0 saturated heterocycles. The van der Waals surface area contributed by atoms with Crippen molar-refractivity contribution in [1.29, 1.82) is 0 Å². The Hall–Kier alpha value is -4.46. The summed E-state index contributed by atoms with van der Waals surface area (Å²) in [5.74, 6) is -0.882. The van der Waals surface area contributed by atoms with E-state index >= 15 is 0 Å². The second-order valence-electron chi connectivity index (χ2n) is 7.54. The maximum absolute atomic E-state index is 13.0. The van der Waals surface area contributed by atoms with Crippen LogP contribution >= 0.6 is 0 Å². The molecule has 0 aliphatic rings. The van der Waals surface area contributed by atoms with E-state index in [2.05, 4.69) is 39.7 Å². The molecule has 0 bridgehead atoms. The Balaban J connectivity index is 1.52. The lowest BCUT2D eigenvalue weighted by Gasteiger charge is -2.21. The first-order valence-corrected chi connectivity index (χ1v) is 11.1. The van der Waals surface area contributed by atoms with Crippen LogP contribution in [0.4, 0.5) is 5.69 Å². The van der Waals surface area contributed by atoms with Crippen LogP contribution in [0.3, 0.4) is 0 Å². The number of para-hydroxylation sites is 1. The number of hydrazine groups is 1. The van der Waals surface area contributed by atoms with Gasteiger partial charge in [-0.25, -0.2) is 4.68 Å². The third-order valence-corrected chi connectivity index (χ3v) is 5.46. The van der Waals surface area contributed by atoms with Gasteiger partial charge in [0.05, 0.1) is 11.3 Å². The molecular weight excluding hydrogens is 428 g/mol. The predicted molar refractivity (Wildman–Crippen MR) is 132 cm³/mol. The van der Waals surface area contributed by atoms with Crippen molar-refractivity contribution in [1.82, 2.24) is 25.6 Å². The number of nitrogens with zero attached hydrogens (tertiary/aromatic N) is 4. The van der Waals surface area contributed by atoms with Gasteiger partial charge in [-0.3, -0.25) is 25.4 Å². The van der Waals surface area contributed by atoms with E-state index in [1.165, 1.54) is 0 Å². The molecule has 2 heterocycles. The van der Waals surface area contributed by atoms with E-state index < -0.39 is 11.8 Å². The van der Waals surface area contributed by atoms with Gasteiger partial charge in [0.25, 0.3) is 11.8 Å². The van der Waals surface area contributed by atoms with E-state index in [1.54, 1.807) is 41.5 Å². The molecule has 4 aromatic rings. The summed E-state index contributed by atoms with van der Waals surface area (Å²) >= 11 is 0. The number of hydrogen-bond donors (Lipinski definition) is 2. The van der Waals surface area contributed by atoms with Gasteiger partial charge in [-0.05, 0) is 62.4 Å². The maximum atomic E-state index is 13.0. The van der Waals surface area contributed by atoms with E-state index in [0.717, 1.165) is 24.5 Å². The molecule has 8 nitrogen and oxygen atoms in total. The number of nitrogens with one attached hydrogen (secondary N) is 2. The molecule has 2 aromatic carbocycles. The zero-order valence-electron chi connectivity index (χ0n) is 19.1. The predicted octanol–water partition coefficient (Wildman–Crippen LogP) is 3.86. The summed E-state index contributed by atoms with van der Waals surface area (Å²) in [6, 6.07) is 20.4. The molecule has 8 heteroatoms. The molecule has 0 aliphatic carbocycles. The highest BCUT2D eigenvalue weighted by Crippen LogP contribution is 2.23. The van der Waals surface area contributed by atoms with E-state index in [4.69, 9.17) is 0 Å². The highest BCUT2D eigenvalue weighted by molar-refractivity contribution is 6.02. The fourth-order valence-electron chi connectivity index (χ4n) is 3.63. The summed E-state index contributed by atoms with van der Waals surface area (Å²) < 4.78 is 1.63. The van der Waals surface area contributed by atoms with Crippen molar-refractivity contribution in [3.8, 4) is 16.9 Å². The first-order valence-electron chi connectivity index (χ1n) is 11.1. The minimum Gasteiger partial charge on any atom is -0.372 e. The van der Waals surface area contributed by atoms with E-state index in [0.29, 0.717) is 22.4 Å². The summed E-state index contributed by atoms with van der Waals surface area (Å²) in [5.41, 5.74) is 8.78. The van der Waals surface area contributed by atoms with Crippen LogP contribution in [0.15, 0.2) is 85.3 Å². The van der Waals surface area contributed by atoms with Crippen molar-refractivity contribution in [3.05, 3.63) is 96.4 Å². The van der Waals surface area contributed by atoms with Crippen LogP contribution < -0.4 is 15.8 Å². The number of pyridine rings is 1. The van der Waals surface area contributed by atoms with Crippen LogP contribution in [-0.2, 0) is 0 Å². The van der Waals surface area contributed by atoms with E-state index in [-0.39, 0.29) is 0 Å². The topological polar surface area (TPSA) is 92.2 Å². The Morgan fingerprint density at radius 3 is 2.24 bits per heavy atom. The number of benzene rings is 2. The smallest absolute Gasteiger partial charge is 0.273 e. The van der Waals surface area contributed by atoms with Gasteiger partial charge in [0.1, 0.15) is 5.69 Å². The number of hydrogen-bond acceptors (Lipinski definition) is 5. The number of aromatic nitrogens is 3. The molecular formula is C26H26N6O2. The maximum Gasteiger partial charge on any atom is 0.273 e. The summed E-state index contributed by atoms with van der Waals surface area (Å²) in [5, 5.41) is 4.60. The van der Waals surface area contributed by atoms with E-state index in [1.807, 2.05) is 48.5 Å². The molecule has 2 aromatic heterocycles. The van der Waals surface area contributed by atoms with Crippen molar-refractivity contribution in [3.63, 3.8) is 0 Å². The standard InChI is InChI=1S/C26H26N6O2/c1-3-31(4-2)21-14-12-19(13-15-21)25(33)28-29-26(34)23-18-32(22-10-6-5-7-11-22)30-24(23)20-9-8-16-27-17-20/h5-18H,3-4H2,1-2H3,(H,28,33)(H,29,34). The molecule has 172 valence electrons. The molecule has 0 atom stereocenters. The van der Waals surface area contributed by atoms with E-state index in [9.17, 15) is 9.59 Å². The average molecular weight is 455 g/mol. The van der Waals surface area contributed by atoms with Crippen LogP contribution in [0, 0.1) is 0 Å². The average Bonchev–Trinajstić information content (AvgIpc) is 3.35. The van der Waals surface area contributed by atoms with Gasteiger partial charge in [0.15, 0.2) is 0 Å². The minimum absolute atomic E-state index is 0.314. The Bertz CT molecular complexity index is 1250. The van der Waals surface area contributed by atoms with Crippen LogP contribution in [0.1, 0.15) is 34.6 Å². The van der Waals surface area contributed by atoms with Crippen molar-refractivity contribution in [2.75, 3.05) is 18.0 Å². The molecule has 0 unspecified atom stereocenters. The highest BCUT2D eigenvalue weighted by Gasteiger charge is 2.19. The Morgan fingerprint density at radius 1 is 0.882 bits per heavy atom. The van der Waals surface area contributed by atoms with Gasteiger partial charge < -0.3 is 4.90 Å². The normalized spacial score (nSPS) is 10.5. The van der Waals surface area contributed by atoms with Crippen LogP contribution in [0.5, 0.6) is 0 Å². The lowest BCUT2D eigenvalue weighted by Crippen LogP contribution is -2.41. The third-order valence-electron chi connectivity index (χ3n) is 5.46. The summed E-state index contributed by atoms with van der Waals surface area (Å²) in [6.07, 6.45) is 4.94. The number of amides is 2. The Labute approximate surface area is 198 Å². The molecule has 34 heavy (non-hydrogen) atoms. The Kier molecular flexibility index (Phi) is 6.98. The number of rotatable bonds is 7. The molecule has 0 aliphatic heterocycles.